The number of aromatic nitrogens is 1. The summed E-state index contributed by atoms with van der Waals surface area (Å²) in [5, 5.41) is 6.20. The second kappa shape index (κ2) is 8.69. The molecule has 148 valence electrons. The standard InChI is InChI=1S/C24H25N3O2/c1-15(2)21-7-5-6-16(3)23(21)27-24(29)19-10-13-22(25-14-19)26-20-11-8-18(9-12-20)17(4)28/h5-15H,1-4H3,(H,25,26)(H,27,29). The van der Waals surface area contributed by atoms with E-state index in [1.54, 1.807) is 30.5 Å². The molecule has 0 radical (unpaired) electrons. The fraction of sp³-hybridized carbons (Fsp3) is 0.208. The number of ketones is 1. The van der Waals surface area contributed by atoms with Gasteiger partial charge in [-0.2, -0.15) is 0 Å². The minimum absolute atomic E-state index is 0.0271. The number of carbonyl (C=O) groups is 2. The molecule has 1 aromatic heterocycles. The van der Waals surface area contributed by atoms with Crippen molar-refractivity contribution in [3.05, 3.63) is 83.0 Å². The van der Waals surface area contributed by atoms with Gasteiger partial charge >= 0.3 is 0 Å². The van der Waals surface area contributed by atoms with E-state index in [9.17, 15) is 9.59 Å². The van der Waals surface area contributed by atoms with Crippen molar-refractivity contribution < 1.29 is 9.59 Å². The highest BCUT2D eigenvalue weighted by molar-refractivity contribution is 6.05. The molecule has 5 heteroatoms. The smallest absolute Gasteiger partial charge is 0.257 e. The molecule has 0 aliphatic rings. The molecule has 3 aromatic rings. The summed E-state index contributed by atoms with van der Waals surface area (Å²) in [6.07, 6.45) is 1.55. The fourth-order valence-electron chi connectivity index (χ4n) is 3.07. The Bertz CT molecular complexity index is 1020. The predicted octanol–water partition coefficient (Wildman–Crippen LogP) is 5.71. The van der Waals surface area contributed by atoms with Gasteiger partial charge in [-0.1, -0.05) is 32.0 Å². The van der Waals surface area contributed by atoms with E-state index in [4.69, 9.17) is 0 Å². The van der Waals surface area contributed by atoms with Gasteiger partial charge in [0.05, 0.1) is 5.56 Å². The summed E-state index contributed by atoms with van der Waals surface area (Å²) in [4.78, 5) is 28.4. The first-order valence-corrected chi connectivity index (χ1v) is 9.60. The maximum atomic E-state index is 12.7. The quantitative estimate of drug-likeness (QED) is 0.531. The van der Waals surface area contributed by atoms with Gasteiger partial charge in [0.15, 0.2) is 5.78 Å². The van der Waals surface area contributed by atoms with E-state index in [0.717, 1.165) is 22.5 Å². The number of anilines is 3. The van der Waals surface area contributed by atoms with E-state index in [1.165, 1.54) is 6.92 Å². The molecule has 29 heavy (non-hydrogen) atoms. The number of hydrogen-bond donors (Lipinski definition) is 2. The van der Waals surface area contributed by atoms with Crippen molar-refractivity contribution in [2.45, 2.75) is 33.6 Å². The van der Waals surface area contributed by atoms with Crippen molar-refractivity contribution in [1.29, 1.82) is 0 Å². The number of nitrogens with one attached hydrogen (secondary N) is 2. The van der Waals surface area contributed by atoms with Crippen LogP contribution in [-0.4, -0.2) is 16.7 Å². The number of pyridine rings is 1. The van der Waals surface area contributed by atoms with Gasteiger partial charge in [-0.25, -0.2) is 4.98 Å². The predicted molar refractivity (Wildman–Crippen MR) is 117 cm³/mol. The zero-order chi connectivity index (χ0) is 21.0. The summed E-state index contributed by atoms with van der Waals surface area (Å²) in [6, 6.07) is 16.7. The molecule has 3 rings (SSSR count). The molecule has 0 unspecified atom stereocenters. The van der Waals surface area contributed by atoms with Crippen LogP contribution in [0.25, 0.3) is 0 Å². The van der Waals surface area contributed by atoms with Crippen LogP contribution in [0, 0.1) is 6.92 Å². The Labute approximate surface area is 171 Å². The molecule has 0 aliphatic carbocycles. The minimum Gasteiger partial charge on any atom is -0.340 e. The molecular weight excluding hydrogens is 362 g/mol. The Morgan fingerprint density at radius 3 is 2.21 bits per heavy atom. The average Bonchev–Trinajstić information content (AvgIpc) is 2.70. The third-order valence-corrected chi connectivity index (χ3v) is 4.76. The number of hydrogen-bond acceptors (Lipinski definition) is 4. The number of para-hydroxylation sites is 1. The molecule has 1 amide bonds. The van der Waals surface area contributed by atoms with Crippen LogP contribution in [0.4, 0.5) is 17.2 Å². The lowest BCUT2D eigenvalue weighted by molar-refractivity contribution is 0.101. The lowest BCUT2D eigenvalue weighted by Crippen LogP contribution is -2.15. The van der Waals surface area contributed by atoms with Crippen LogP contribution in [-0.2, 0) is 0 Å². The molecule has 0 aliphatic heterocycles. The van der Waals surface area contributed by atoms with E-state index < -0.39 is 0 Å². The highest BCUT2D eigenvalue weighted by Gasteiger charge is 2.13. The van der Waals surface area contributed by atoms with Gasteiger partial charge in [-0.15, -0.1) is 0 Å². The molecule has 0 saturated heterocycles. The van der Waals surface area contributed by atoms with Crippen LogP contribution in [0.5, 0.6) is 0 Å². The summed E-state index contributed by atoms with van der Waals surface area (Å²) in [7, 11) is 0. The second-order valence-corrected chi connectivity index (χ2v) is 7.34. The molecule has 2 N–H and O–H groups in total. The van der Waals surface area contributed by atoms with Gasteiger partial charge in [-0.05, 0) is 67.3 Å². The number of amides is 1. The van der Waals surface area contributed by atoms with Gasteiger partial charge in [0, 0.05) is 23.1 Å². The Morgan fingerprint density at radius 1 is 0.931 bits per heavy atom. The largest absolute Gasteiger partial charge is 0.340 e. The lowest BCUT2D eigenvalue weighted by Gasteiger charge is -2.16. The van der Waals surface area contributed by atoms with Crippen LogP contribution in [0.3, 0.4) is 0 Å². The highest BCUT2D eigenvalue weighted by Crippen LogP contribution is 2.28. The molecule has 1 heterocycles. The Hall–Kier alpha value is -3.47. The maximum absolute atomic E-state index is 12.7. The van der Waals surface area contributed by atoms with Crippen molar-refractivity contribution in [3.63, 3.8) is 0 Å². The minimum atomic E-state index is -0.189. The molecule has 0 saturated carbocycles. The number of rotatable bonds is 6. The normalized spacial score (nSPS) is 10.7. The SMILES string of the molecule is CC(=O)c1ccc(Nc2ccc(C(=O)Nc3c(C)cccc3C(C)C)cn2)cc1. The molecule has 0 bridgehead atoms. The van der Waals surface area contributed by atoms with Crippen molar-refractivity contribution >= 4 is 28.9 Å². The molecule has 0 fully saturated rings. The maximum Gasteiger partial charge on any atom is 0.257 e. The Morgan fingerprint density at radius 2 is 1.62 bits per heavy atom. The molecular formula is C24H25N3O2. The second-order valence-electron chi connectivity index (χ2n) is 7.34. The van der Waals surface area contributed by atoms with Crippen LogP contribution >= 0.6 is 0 Å². The zero-order valence-corrected chi connectivity index (χ0v) is 17.1. The first kappa shape index (κ1) is 20.3. The van der Waals surface area contributed by atoms with Crippen molar-refractivity contribution in [1.82, 2.24) is 4.98 Å². The fourth-order valence-corrected chi connectivity index (χ4v) is 3.07. The third-order valence-electron chi connectivity index (χ3n) is 4.76. The topological polar surface area (TPSA) is 71.1 Å². The van der Waals surface area contributed by atoms with E-state index in [0.29, 0.717) is 22.9 Å². The molecule has 5 nitrogen and oxygen atoms in total. The van der Waals surface area contributed by atoms with E-state index in [-0.39, 0.29) is 11.7 Å². The van der Waals surface area contributed by atoms with Crippen LogP contribution < -0.4 is 10.6 Å². The van der Waals surface area contributed by atoms with Crippen LogP contribution in [0.15, 0.2) is 60.8 Å². The highest BCUT2D eigenvalue weighted by atomic mass is 16.1. The third kappa shape index (κ3) is 4.88. The summed E-state index contributed by atoms with van der Waals surface area (Å²) < 4.78 is 0. The monoisotopic (exact) mass is 387 g/mol. The van der Waals surface area contributed by atoms with Gasteiger partial charge in [0.25, 0.3) is 5.91 Å². The zero-order valence-electron chi connectivity index (χ0n) is 17.1. The Balaban J connectivity index is 1.72. The van der Waals surface area contributed by atoms with Gasteiger partial charge in [0.2, 0.25) is 0 Å². The van der Waals surface area contributed by atoms with Gasteiger partial charge in [0.1, 0.15) is 5.82 Å². The number of benzene rings is 2. The van der Waals surface area contributed by atoms with Gasteiger partial charge in [-0.3, -0.25) is 9.59 Å². The molecule has 2 aromatic carbocycles. The first-order valence-electron chi connectivity index (χ1n) is 9.60. The van der Waals surface area contributed by atoms with Crippen LogP contribution in [0.1, 0.15) is 58.5 Å². The summed E-state index contributed by atoms with van der Waals surface area (Å²) in [5.74, 6) is 0.769. The Kier molecular flexibility index (Phi) is 6.07. The lowest BCUT2D eigenvalue weighted by atomic mass is 9.98. The summed E-state index contributed by atoms with van der Waals surface area (Å²) in [6.45, 7) is 7.74. The van der Waals surface area contributed by atoms with E-state index in [2.05, 4.69) is 29.5 Å². The number of aryl methyl sites for hydroxylation is 1. The van der Waals surface area contributed by atoms with E-state index in [1.807, 2.05) is 37.3 Å². The first-order chi connectivity index (χ1) is 13.8. The summed E-state index contributed by atoms with van der Waals surface area (Å²) in [5.41, 5.74) is 4.97. The van der Waals surface area contributed by atoms with Crippen LogP contribution in [0.2, 0.25) is 0 Å². The van der Waals surface area contributed by atoms with Crippen molar-refractivity contribution in [2.24, 2.45) is 0 Å². The van der Waals surface area contributed by atoms with E-state index >= 15 is 0 Å². The summed E-state index contributed by atoms with van der Waals surface area (Å²) >= 11 is 0. The number of nitrogens with zero attached hydrogens (tertiary/aromatic N) is 1. The van der Waals surface area contributed by atoms with Crippen molar-refractivity contribution in [2.75, 3.05) is 10.6 Å². The molecule has 0 spiro atoms. The van der Waals surface area contributed by atoms with Gasteiger partial charge < -0.3 is 10.6 Å². The molecule has 0 atom stereocenters. The number of carbonyl (C=O) groups excluding carboxylic acids is 2. The number of Topliss-reactive ketones (excluding diaryl/α,β-unsaturated/α-hetero) is 1. The van der Waals surface area contributed by atoms with Crippen molar-refractivity contribution in [3.8, 4) is 0 Å². The average molecular weight is 387 g/mol.